The van der Waals surface area contributed by atoms with Gasteiger partial charge in [-0.3, -0.25) is 4.79 Å². The number of carbonyl (C=O) groups excluding carboxylic acids is 1. The molecule has 2 aromatic rings. The maximum absolute atomic E-state index is 12.1. The van der Waals surface area contributed by atoms with Gasteiger partial charge in [-0.15, -0.1) is 0 Å². The number of ether oxygens (including phenoxy) is 1. The molecule has 0 spiro atoms. The van der Waals surface area contributed by atoms with Gasteiger partial charge >= 0.3 is 0 Å². The van der Waals surface area contributed by atoms with Gasteiger partial charge in [0.25, 0.3) is 5.91 Å². The number of para-hydroxylation sites is 1. The van der Waals surface area contributed by atoms with Crippen molar-refractivity contribution >= 4 is 5.91 Å². The molecule has 0 aliphatic rings. The largest absolute Gasteiger partial charge is 0.489 e. The zero-order chi connectivity index (χ0) is 15.1. The van der Waals surface area contributed by atoms with Crippen LogP contribution < -0.4 is 15.8 Å². The van der Waals surface area contributed by atoms with Gasteiger partial charge in [0.2, 0.25) is 0 Å². The Kier molecular flexibility index (Phi) is 5.34. The molecule has 0 atom stereocenters. The quantitative estimate of drug-likeness (QED) is 0.805. The van der Waals surface area contributed by atoms with Gasteiger partial charge in [-0.25, -0.2) is 4.68 Å². The van der Waals surface area contributed by atoms with E-state index in [1.165, 1.54) is 0 Å². The van der Waals surface area contributed by atoms with Gasteiger partial charge in [-0.1, -0.05) is 25.1 Å². The number of benzene rings is 1. The van der Waals surface area contributed by atoms with Crippen LogP contribution in [0.15, 0.2) is 36.5 Å². The predicted octanol–water partition coefficient (Wildman–Crippen LogP) is 1.35. The van der Waals surface area contributed by atoms with Crippen molar-refractivity contribution in [2.45, 2.75) is 13.3 Å². The smallest absolute Gasteiger partial charge is 0.275 e. The summed E-state index contributed by atoms with van der Waals surface area (Å²) < 4.78 is 7.26. The van der Waals surface area contributed by atoms with Crippen molar-refractivity contribution in [3.63, 3.8) is 0 Å². The van der Waals surface area contributed by atoms with Crippen LogP contribution in [-0.4, -0.2) is 35.4 Å². The number of rotatable bonds is 7. The Morgan fingerprint density at radius 2 is 2.14 bits per heavy atom. The molecule has 1 amide bonds. The van der Waals surface area contributed by atoms with Gasteiger partial charge in [0.15, 0.2) is 11.4 Å². The number of hydrogen-bond donors (Lipinski definition) is 2. The fourth-order valence-corrected chi connectivity index (χ4v) is 1.82. The lowest BCUT2D eigenvalue weighted by Crippen LogP contribution is -2.29. The molecule has 0 aliphatic carbocycles. The highest BCUT2D eigenvalue weighted by molar-refractivity contribution is 5.94. The number of amides is 1. The second kappa shape index (κ2) is 7.44. The van der Waals surface area contributed by atoms with E-state index in [2.05, 4.69) is 10.4 Å². The molecule has 21 heavy (non-hydrogen) atoms. The molecule has 1 aromatic heterocycles. The first-order valence-electron chi connectivity index (χ1n) is 7.02. The van der Waals surface area contributed by atoms with Gasteiger partial charge in [-0.2, -0.15) is 5.10 Å². The van der Waals surface area contributed by atoms with Crippen molar-refractivity contribution < 1.29 is 9.53 Å². The summed E-state index contributed by atoms with van der Waals surface area (Å²) >= 11 is 0. The van der Waals surface area contributed by atoms with Gasteiger partial charge in [0.05, 0.1) is 18.5 Å². The zero-order valence-electron chi connectivity index (χ0n) is 12.1. The number of nitrogens with zero attached hydrogens (tertiary/aromatic N) is 2. The Hall–Kier alpha value is -2.34. The van der Waals surface area contributed by atoms with Crippen LogP contribution in [0.5, 0.6) is 5.75 Å². The van der Waals surface area contributed by atoms with E-state index < -0.39 is 0 Å². The lowest BCUT2D eigenvalue weighted by atomic mass is 10.3. The minimum Gasteiger partial charge on any atom is -0.489 e. The fourth-order valence-electron chi connectivity index (χ4n) is 1.82. The van der Waals surface area contributed by atoms with E-state index >= 15 is 0 Å². The number of aromatic nitrogens is 2. The summed E-state index contributed by atoms with van der Waals surface area (Å²) in [5.41, 5.74) is 6.55. The second-order valence-corrected chi connectivity index (χ2v) is 4.52. The molecule has 1 aromatic carbocycles. The van der Waals surface area contributed by atoms with Crippen molar-refractivity contribution in [1.29, 1.82) is 0 Å². The van der Waals surface area contributed by atoms with Gasteiger partial charge in [-0.05, 0) is 18.6 Å². The van der Waals surface area contributed by atoms with Crippen LogP contribution >= 0.6 is 0 Å². The molecule has 6 heteroatoms. The van der Waals surface area contributed by atoms with Crippen molar-refractivity contribution in [2.75, 3.05) is 19.7 Å². The third-order valence-corrected chi connectivity index (χ3v) is 2.81. The number of hydrogen-bond acceptors (Lipinski definition) is 4. The van der Waals surface area contributed by atoms with Gasteiger partial charge in [0.1, 0.15) is 0 Å². The van der Waals surface area contributed by atoms with E-state index in [4.69, 9.17) is 10.5 Å². The Morgan fingerprint density at radius 3 is 2.81 bits per heavy atom. The highest BCUT2D eigenvalue weighted by Gasteiger charge is 2.18. The van der Waals surface area contributed by atoms with Crippen LogP contribution in [0.1, 0.15) is 23.8 Å². The number of nitrogens with two attached hydrogens (primary N) is 1. The summed E-state index contributed by atoms with van der Waals surface area (Å²) in [6.45, 7) is 3.34. The van der Waals surface area contributed by atoms with Crippen LogP contribution in [0.25, 0.3) is 5.69 Å². The molecule has 0 saturated carbocycles. The monoisotopic (exact) mass is 288 g/mol. The van der Waals surface area contributed by atoms with E-state index in [1.54, 1.807) is 10.9 Å². The summed E-state index contributed by atoms with van der Waals surface area (Å²) in [5.74, 6) is 0.205. The molecule has 112 valence electrons. The van der Waals surface area contributed by atoms with E-state index in [1.807, 2.05) is 37.3 Å². The van der Waals surface area contributed by atoms with Crippen molar-refractivity contribution in [3.8, 4) is 11.4 Å². The minimum absolute atomic E-state index is 0.277. The Balaban J connectivity index is 2.28. The summed E-state index contributed by atoms with van der Waals surface area (Å²) in [6.07, 6.45) is 2.59. The molecule has 0 aliphatic heterocycles. The van der Waals surface area contributed by atoms with Crippen molar-refractivity contribution in [1.82, 2.24) is 15.1 Å². The molecule has 3 N–H and O–H groups in total. The molecule has 1 heterocycles. The first-order chi connectivity index (χ1) is 10.3. The second-order valence-electron chi connectivity index (χ2n) is 4.52. The summed E-state index contributed by atoms with van der Waals surface area (Å²) in [5, 5.41) is 7.04. The summed E-state index contributed by atoms with van der Waals surface area (Å²) in [4.78, 5) is 12.1. The molecule has 0 fully saturated rings. The van der Waals surface area contributed by atoms with E-state index in [-0.39, 0.29) is 11.6 Å². The zero-order valence-corrected chi connectivity index (χ0v) is 12.1. The SMILES string of the molecule is CCCOc1cn(-c2ccccc2)nc1C(=O)NCCN. The van der Waals surface area contributed by atoms with Crippen molar-refractivity contribution in [2.24, 2.45) is 5.73 Å². The predicted molar refractivity (Wildman–Crippen MR) is 80.7 cm³/mol. The molecule has 2 rings (SSSR count). The third kappa shape index (κ3) is 3.82. The highest BCUT2D eigenvalue weighted by Crippen LogP contribution is 2.20. The van der Waals surface area contributed by atoms with E-state index in [0.717, 1.165) is 12.1 Å². The number of nitrogens with one attached hydrogen (secondary N) is 1. The molecule has 6 nitrogen and oxygen atoms in total. The molecule has 0 unspecified atom stereocenters. The van der Waals surface area contributed by atoms with Gasteiger partial charge in [0, 0.05) is 13.1 Å². The van der Waals surface area contributed by atoms with Crippen LogP contribution in [0.2, 0.25) is 0 Å². The van der Waals surface area contributed by atoms with Crippen molar-refractivity contribution in [3.05, 3.63) is 42.2 Å². The molecule has 0 saturated heterocycles. The minimum atomic E-state index is -0.277. The molecular weight excluding hydrogens is 268 g/mol. The first kappa shape index (κ1) is 15.1. The highest BCUT2D eigenvalue weighted by atomic mass is 16.5. The number of carbonyl (C=O) groups is 1. The average Bonchev–Trinajstić information content (AvgIpc) is 2.95. The Labute approximate surface area is 123 Å². The first-order valence-corrected chi connectivity index (χ1v) is 7.02. The lowest BCUT2D eigenvalue weighted by Gasteiger charge is -2.04. The lowest BCUT2D eigenvalue weighted by molar-refractivity contribution is 0.0945. The maximum Gasteiger partial charge on any atom is 0.275 e. The van der Waals surface area contributed by atoms with E-state index in [9.17, 15) is 4.79 Å². The Bertz CT molecular complexity index is 581. The average molecular weight is 288 g/mol. The van der Waals surface area contributed by atoms with Crippen LogP contribution in [0.4, 0.5) is 0 Å². The molecular formula is C15H20N4O2. The summed E-state index contributed by atoms with van der Waals surface area (Å²) in [6, 6.07) is 9.59. The van der Waals surface area contributed by atoms with Gasteiger partial charge < -0.3 is 15.8 Å². The van der Waals surface area contributed by atoms with Crippen LogP contribution in [-0.2, 0) is 0 Å². The van der Waals surface area contributed by atoms with Crippen LogP contribution in [0.3, 0.4) is 0 Å². The molecule has 0 radical (unpaired) electrons. The fraction of sp³-hybridized carbons (Fsp3) is 0.333. The summed E-state index contributed by atoms with van der Waals surface area (Å²) in [7, 11) is 0. The van der Waals surface area contributed by atoms with E-state index in [0.29, 0.717) is 25.4 Å². The molecule has 0 bridgehead atoms. The normalized spacial score (nSPS) is 10.4. The van der Waals surface area contributed by atoms with Crippen LogP contribution in [0, 0.1) is 0 Å². The topological polar surface area (TPSA) is 82.2 Å². The Morgan fingerprint density at radius 1 is 1.38 bits per heavy atom. The third-order valence-electron chi connectivity index (χ3n) is 2.81. The maximum atomic E-state index is 12.1. The standard InChI is InChI=1S/C15H20N4O2/c1-2-10-21-13-11-19(12-6-4-3-5-7-12)18-14(13)15(20)17-9-8-16/h3-7,11H,2,8-10,16H2,1H3,(H,17,20).